The van der Waals surface area contributed by atoms with E-state index < -0.39 is 0 Å². The van der Waals surface area contributed by atoms with E-state index >= 15 is 0 Å². The van der Waals surface area contributed by atoms with Crippen LogP contribution in [-0.2, 0) is 0 Å². The Hall–Kier alpha value is -5.27. The molecule has 0 saturated carbocycles. The lowest BCUT2D eigenvalue weighted by Gasteiger charge is -2.22. The summed E-state index contributed by atoms with van der Waals surface area (Å²) in [5.41, 5.74) is 12.3. The normalized spacial score (nSPS) is 11.6. The van der Waals surface area contributed by atoms with Crippen LogP contribution >= 0.6 is 0 Å². The van der Waals surface area contributed by atoms with Crippen LogP contribution in [0, 0.1) is 20.8 Å². The number of hydrogen-bond acceptors (Lipinski definition) is 1. The Morgan fingerprint density at radius 1 is 0.419 bits per heavy atom. The first-order chi connectivity index (χ1) is 21.1. The van der Waals surface area contributed by atoms with Crippen molar-refractivity contribution in [3.05, 3.63) is 150 Å². The van der Waals surface area contributed by atoms with Crippen LogP contribution in [0.25, 0.3) is 76.6 Å². The average Bonchev–Trinajstić information content (AvgIpc) is 3.04. The van der Waals surface area contributed by atoms with Gasteiger partial charge in [0.2, 0.25) is 0 Å². The molecule has 0 aliphatic rings. The van der Waals surface area contributed by atoms with Crippen molar-refractivity contribution >= 4 is 43.2 Å². The monoisotopic (exact) mass is 549 g/mol. The summed E-state index contributed by atoms with van der Waals surface area (Å²) >= 11 is 0. The van der Waals surface area contributed by atoms with E-state index in [2.05, 4.69) is 142 Å². The van der Waals surface area contributed by atoms with Gasteiger partial charge in [-0.05, 0) is 110 Å². The molecule has 0 atom stereocenters. The molecule has 43 heavy (non-hydrogen) atoms. The van der Waals surface area contributed by atoms with Crippen molar-refractivity contribution in [3.8, 4) is 33.4 Å². The zero-order valence-electron chi connectivity index (χ0n) is 24.6. The Morgan fingerprint density at radius 2 is 1.02 bits per heavy atom. The Bertz CT molecular complexity index is 2360. The van der Waals surface area contributed by atoms with Crippen LogP contribution in [0.5, 0.6) is 0 Å². The van der Waals surface area contributed by atoms with Gasteiger partial charge in [-0.1, -0.05) is 115 Å². The molecule has 0 radical (unpaired) electrons. The first-order valence-electron chi connectivity index (χ1n) is 15.0. The third-order valence-electron chi connectivity index (χ3n) is 9.03. The Balaban J connectivity index is 1.61. The number of benzene rings is 7. The van der Waals surface area contributed by atoms with Gasteiger partial charge >= 0.3 is 0 Å². The summed E-state index contributed by atoms with van der Waals surface area (Å²) in [6.07, 6.45) is 1.91. The third-order valence-corrected chi connectivity index (χ3v) is 9.03. The molecule has 7 aromatic carbocycles. The Labute approximate surface area is 252 Å². The molecule has 1 nitrogen and oxygen atoms in total. The standard InChI is InChI=1S/C42H31N/c1-26-18-19-33-36(21-26)41(39-25-32-14-8-7-13-31(32)24-35(39)29-11-5-4-6-12-29)38-23-28(3)27(2)22-37(38)40(33)34-17-9-15-30-16-10-20-43-42(30)34/h4-25H,1-3H3. The molecule has 1 heteroatoms. The van der Waals surface area contributed by atoms with E-state index in [1.807, 2.05) is 12.3 Å². The number of rotatable bonds is 3. The quantitative estimate of drug-likeness (QED) is 0.200. The van der Waals surface area contributed by atoms with Crippen LogP contribution in [0.1, 0.15) is 16.7 Å². The fourth-order valence-electron chi connectivity index (χ4n) is 6.79. The van der Waals surface area contributed by atoms with Crippen molar-refractivity contribution in [2.45, 2.75) is 20.8 Å². The smallest absolute Gasteiger partial charge is 0.0780 e. The van der Waals surface area contributed by atoms with Crippen LogP contribution in [0.2, 0.25) is 0 Å². The predicted molar refractivity (Wildman–Crippen MR) is 185 cm³/mol. The number of hydrogen-bond donors (Lipinski definition) is 0. The second-order valence-corrected chi connectivity index (χ2v) is 11.8. The van der Waals surface area contributed by atoms with Crippen molar-refractivity contribution in [1.29, 1.82) is 0 Å². The molecular weight excluding hydrogens is 518 g/mol. The Morgan fingerprint density at radius 3 is 1.77 bits per heavy atom. The lowest BCUT2D eigenvalue weighted by Crippen LogP contribution is -1.96. The number of fused-ring (bicyclic) bond motifs is 4. The summed E-state index contributed by atoms with van der Waals surface area (Å²) in [6, 6.07) is 46.8. The highest BCUT2D eigenvalue weighted by molar-refractivity contribution is 6.25. The molecule has 204 valence electrons. The molecule has 0 spiro atoms. The van der Waals surface area contributed by atoms with Gasteiger partial charge in [0.15, 0.2) is 0 Å². The lowest BCUT2D eigenvalue weighted by molar-refractivity contribution is 1.37. The van der Waals surface area contributed by atoms with Crippen molar-refractivity contribution in [2.75, 3.05) is 0 Å². The van der Waals surface area contributed by atoms with Gasteiger partial charge in [-0.2, -0.15) is 0 Å². The first-order valence-corrected chi connectivity index (χ1v) is 15.0. The van der Waals surface area contributed by atoms with Crippen LogP contribution < -0.4 is 0 Å². The number of para-hydroxylation sites is 1. The molecule has 1 aromatic heterocycles. The van der Waals surface area contributed by atoms with Crippen molar-refractivity contribution in [3.63, 3.8) is 0 Å². The van der Waals surface area contributed by atoms with Gasteiger partial charge in [0.05, 0.1) is 5.52 Å². The third kappa shape index (κ3) is 4.12. The highest BCUT2D eigenvalue weighted by Crippen LogP contribution is 2.48. The largest absolute Gasteiger partial charge is 0.256 e. The van der Waals surface area contributed by atoms with Gasteiger partial charge < -0.3 is 0 Å². The number of aryl methyl sites for hydroxylation is 3. The van der Waals surface area contributed by atoms with Crippen molar-refractivity contribution < 1.29 is 0 Å². The molecule has 0 saturated heterocycles. The molecule has 8 aromatic rings. The molecule has 1 heterocycles. The minimum atomic E-state index is 1.04. The summed E-state index contributed by atoms with van der Waals surface area (Å²) in [5, 5.41) is 8.71. The predicted octanol–water partition coefficient (Wildman–Crippen LogP) is 11.6. The van der Waals surface area contributed by atoms with Crippen molar-refractivity contribution in [2.24, 2.45) is 0 Å². The minimum absolute atomic E-state index is 1.04. The maximum Gasteiger partial charge on any atom is 0.0780 e. The van der Waals surface area contributed by atoms with E-state index in [-0.39, 0.29) is 0 Å². The molecule has 0 fully saturated rings. The van der Waals surface area contributed by atoms with Crippen LogP contribution in [0.15, 0.2) is 134 Å². The second kappa shape index (κ2) is 9.93. The SMILES string of the molecule is Cc1ccc2c(-c3cccc4cccnc34)c3cc(C)c(C)cc3c(-c3cc4ccccc4cc3-c3ccccc3)c2c1. The summed E-state index contributed by atoms with van der Waals surface area (Å²) in [4.78, 5) is 4.90. The van der Waals surface area contributed by atoms with Gasteiger partial charge in [-0.3, -0.25) is 4.98 Å². The number of pyridine rings is 1. The van der Waals surface area contributed by atoms with E-state index in [0.29, 0.717) is 0 Å². The average molecular weight is 550 g/mol. The zero-order chi connectivity index (χ0) is 29.1. The Kier molecular flexibility index (Phi) is 5.87. The second-order valence-electron chi connectivity index (χ2n) is 11.8. The van der Waals surface area contributed by atoms with Crippen LogP contribution in [0.4, 0.5) is 0 Å². The van der Waals surface area contributed by atoms with Crippen LogP contribution in [0.3, 0.4) is 0 Å². The highest BCUT2D eigenvalue weighted by Gasteiger charge is 2.22. The van der Waals surface area contributed by atoms with Crippen LogP contribution in [-0.4, -0.2) is 4.98 Å². The van der Waals surface area contributed by atoms with E-state index in [4.69, 9.17) is 4.98 Å². The molecule has 0 unspecified atom stereocenters. The van der Waals surface area contributed by atoms with Gasteiger partial charge in [-0.15, -0.1) is 0 Å². The van der Waals surface area contributed by atoms with E-state index in [1.165, 1.54) is 82.4 Å². The fraction of sp³-hybridized carbons (Fsp3) is 0.0714. The molecular formula is C42H31N. The lowest BCUT2D eigenvalue weighted by atomic mass is 9.81. The van der Waals surface area contributed by atoms with Crippen molar-refractivity contribution in [1.82, 2.24) is 4.98 Å². The van der Waals surface area contributed by atoms with Gasteiger partial charge in [-0.25, -0.2) is 0 Å². The summed E-state index contributed by atoms with van der Waals surface area (Å²) in [5.74, 6) is 0. The highest BCUT2D eigenvalue weighted by atomic mass is 14.6. The molecule has 0 aliphatic carbocycles. The maximum atomic E-state index is 4.90. The summed E-state index contributed by atoms with van der Waals surface area (Å²) < 4.78 is 0. The number of aromatic nitrogens is 1. The van der Waals surface area contributed by atoms with E-state index in [9.17, 15) is 0 Å². The first kappa shape index (κ1) is 25.4. The van der Waals surface area contributed by atoms with Gasteiger partial charge in [0.1, 0.15) is 0 Å². The van der Waals surface area contributed by atoms with E-state index in [0.717, 1.165) is 10.9 Å². The van der Waals surface area contributed by atoms with Gasteiger partial charge in [0, 0.05) is 17.1 Å². The molecule has 0 aliphatic heterocycles. The number of nitrogens with zero attached hydrogens (tertiary/aromatic N) is 1. The zero-order valence-corrected chi connectivity index (χ0v) is 24.6. The molecule has 8 rings (SSSR count). The summed E-state index contributed by atoms with van der Waals surface area (Å²) in [6.45, 7) is 6.66. The van der Waals surface area contributed by atoms with Gasteiger partial charge in [0.25, 0.3) is 0 Å². The minimum Gasteiger partial charge on any atom is -0.256 e. The molecule has 0 N–H and O–H groups in total. The molecule has 0 amide bonds. The fourth-order valence-corrected chi connectivity index (χ4v) is 6.79. The van der Waals surface area contributed by atoms with E-state index in [1.54, 1.807) is 0 Å². The maximum absolute atomic E-state index is 4.90. The topological polar surface area (TPSA) is 12.9 Å². The molecule has 0 bridgehead atoms. The summed E-state index contributed by atoms with van der Waals surface area (Å²) in [7, 11) is 0.